The molecule has 1 aromatic rings. The van der Waals surface area contributed by atoms with E-state index in [0.717, 1.165) is 12.8 Å². The summed E-state index contributed by atoms with van der Waals surface area (Å²) in [7, 11) is 1.67. The van der Waals surface area contributed by atoms with Crippen molar-refractivity contribution in [3.05, 3.63) is 35.4 Å². The van der Waals surface area contributed by atoms with Gasteiger partial charge in [-0.15, -0.1) is 0 Å². The molecular formula is C14H24N2O2. The maximum Gasteiger partial charge on any atom is 0.0700 e. The molecule has 1 unspecified atom stereocenters. The molecule has 0 aliphatic rings. The maximum atomic E-state index is 5.58. The summed E-state index contributed by atoms with van der Waals surface area (Å²) in [4.78, 5) is 0. The quantitative estimate of drug-likeness (QED) is 0.396. The average molecular weight is 252 g/mol. The van der Waals surface area contributed by atoms with Gasteiger partial charge in [0, 0.05) is 19.8 Å². The zero-order valence-electron chi connectivity index (χ0n) is 11.3. The molecule has 1 atom stereocenters. The molecule has 102 valence electrons. The van der Waals surface area contributed by atoms with Gasteiger partial charge in [-0.25, -0.2) is 0 Å². The normalized spacial score (nSPS) is 12.6. The third kappa shape index (κ3) is 5.60. The van der Waals surface area contributed by atoms with Crippen molar-refractivity contribution in [2.24, 2.45) is 5.84 Å². The fraction of sp³-hybridized carbons (Fsp3) is 0.571. The minimum Gasteiger partial charge on any atom is -0.382 e. The first-order chi connectivity index (χ1) is 8.77. The molecule has 0 amide bonds. The van der Waals surface area contributed by atoms with Crippen LogP contribution in [0.15, 0.2) is 24.3 Å². The summed E-state index contributed by atoms with van der Waals surface area (Å²) >= 11 is 0. The van der Waals surface area contributed by atoms with Gasteiger partial charge in [-0.1, -0.05) is 24.3 Å². The minimum atomic E-state index is 0.244. The van der Waals surface area contributed by atoms with E-state index < -0.39 is 0 Å². The highest BCUT2D eigenvalue weighted by molar-refractivity contribution is 5.26. The van der Waals surface area contributed by atoms with Gasteiger partial charge in [0.05, 0.1) is 13.2 Å². The fourth-order valence-corrected chi connectivity index (χ4v) is 1.82. The van der Waals surface area contributed by atoms with Crippen LogP contribution in [0.3, 0.4) is 0 Å². The second-order valence-electron chi connectivity index (χ2n) is 4.39. The number of hydrogen-bond acceptors (Lipinski definition) is 4. The Morgan fingerprint density at radius 2 is 2.00 bits per heavy atom. The first kappa shape index (κ1) is 15.1. The van der Waals surface area contributed by atoms with Crippen molar-refractivity contribution in [1.82, 2.24) is 5.43 Å². The fourth-order valence-electron chi connectivity index (χ4n) is 1.82. The van der Waals surface area contributed by atoms with E-state index in [0.29, 0.717) is 19.8 Å². The summed E-state index contributed by atoms with van der Waals surface area (Å²) in [6, 6.07) is 8.63. The molecule has 0 radical (unpaired) electrons. The van der Waals surface area contributed by atoms with Crippen LogP contribution in [0.1, 0.15) is 17.5 Å². The smallest absolute Gasteiger partial charge is 0.0700 e. The van der Waals surface area contributed by atoms with Gasteiger partial charge in [-0.2, -0.15) is 0 Å². The van der Waals surface area contributed by atoms with Crippen molar-refractivity contribution >= 4 is 0 Å². The Morgan fingerprint density at radius 1 is 1.22 bits per heavy atom. The summed E-state index contributed by atoms with van der Waals surface area (Å²) in [6.45, 7) is 4.10. The van der Waals surface area contributed by atoms with Crippen molar-refractivity contribution in [3.8, 4) is 0 Å². The van der Waals surface area contributed by atoms with Crippen molar-refractivity contribution in [2.75, 3.05) is 26.9 Å². The van der Waals surface area contributed by atoms with E-state index in [1.54, 1.807) is 7.11 Å². The molecule has 18 heavy (non-hydrogen) atoms. The third-order valence-corrected chi connectivity index (χ3v) is 3.01. The van der Waals surface area contributed by atoms with E-state index in [1.165, 1.54) is 11.1 Å². The van der Waals surface area contributed by atoms with Crippen LogP contribution in [-0.2, 0) is 15.9 Å². The first-order valence-corrected chi connectivity index (χ1v) is 6.35. The zero-order valence-corrected chi connectivity index (χ0v) is 11.3. The molecule has 0 aliphatic carbocycles. The molecule has 0 aliphatic heterocycles. The van der Waals surface area contributed by atoms with Crippen LogP contribution in [0.4, 0.5) is 0 Å². The Kier molecular flexibility index (Phi) is 7.60. The Labute approximate surface area is 109 Å². The van der Waals surface area contributed by atoms with Gasteiger partial charge in [-0.3, -0.25) is 11.3 Å². The SMILES string of the molecule is COCCOCCC(Cc1ccccc1C)NN. The Balaban J connectivity index is 2.31. The average Bonchev–Trinajstić information content (AvgIpc) is 2.39. The van der Waals surface area contributed by atoms with Crippen LogP contribution in [0, 0.1) is 6.92 Å². The molecule has 3 N–H and O–H groups in total. The molecule has 0 fully saturated rings. The van der Waals surface area contributed by atoms with Gasteiger partial charge in [0.25, 0.3) is 0 Å². The van der Waals surface area contributed by atoms with Crippen LogP contribution in [0.5, 0.6) is 0 Å². The van der Waals surface area contributed by atoms with Crippen LogP contribution >= 0.6 is 0 Å². The van der Waals surface area contributed by atoms with E-state index in [1.807, 2.05) is 0 Å². The largest absolute Gasteiger partial charge is 0.382 e. The van der Waals surface area contributed by atoms with E-state index in [-0.39, 0.29) is 6.04 Å². The molecule has 0 heterocycles. The molecule has 4 nitrogen and oxygen atoms in total. The van der Waals surface area contributed by atoms with E-state index in [2.05, 4.69) is 36.6 Å². The Morgan fingerprint density at radius 3 is 2.67 bits per heavy atom. The highest BCUT2D eigenvalue weighted by atomic mass is 16.5. The molecule has 4 heteroatoms. The number of ether oxygens (including phenoxy) is 2. The second-order valence-corrected chi connectivity index (χ2v) is 4.39. The highest BCUT2D eigenvalue weighted by Crippen LogP contribution is 2.11. The van der Waals surface area contributed by atoms with Crippen LogP contribution in [0.2, 0.25) is 0 Å². The summed E-state index contributed by atoms with van der Waals surface area (Å²) in [5.41, 5.74) is 5.49. The van der Waals surface area contributed by atoms with Gasteiger partial charge >= 0.3 is 0 Å². The monoisotopic (exact) mass is 252 g/mol. The summed E-state index contributed by atoms with van der Waals surface area (Å²) in [5.74, 6) is 5.58. The second kappa shape index (κ2) is 9.05. The van der Waals surface area contributed by atoms with Crippen molar-refractivity contribution in [1.29, 1.82) is 0 Å². The molecule has 1 rings (SSSR count). The summed E-state index contributed by atoms with van der Waals surface area (Å²) < 4.78 is 10.4. The summed E-state index contributed by atoms with van der Waals surface area (Å²) in [6.07, 6.45) is 1.82. The third-order valence-electron chi connectivity index (χ3n) is 3.01. The molecule has 0 spiro atoms. The topological polar surface area (TPSA) is 56.5 Å². The Hall–Kier alpha value is -0.940. The summed E-state index contributed by atoms with van der Waals surface area (Å²) in [5, 5.41) is 0. The number of nitrogens with two attached hydrogens (primary N) is 1. The standard InChI is InChI=1S/C14H24N2O2/c1-12-5-3-4-6-13(12)11-14(16-15)7-8-18-10-9-17-2/h3-6,14,16H,7-11,15H2,1-2H3. The van der Waals surface area contributed by atoms with Crippen LogP contribution < -0.4 is 11.3 Å². The number of methoxy groups -OCH3 is 1. The van der Waals surface area contributed by atoms with Crippen molar-refractivity contribution < 1.29 is 9.47 Å². The number of nitrogens with one attached hydrogen (secondary N) is 1. The van der Waals surface area contributed by atoms with E-state index in [4.69, 9.17) is 15.3 Å². The molecule has 1 aromatic carbocycles. The lowest BCUT2D eigenvalue weighted by Gasteiger charge is -2.17. The molecule has 0 saturated heterocycles. The lowest BCUT2D eigenvalue weighted by atomic mass is 10.00. The van der Waals surface area contributed by atoms with Crippen LogP contribution in [0.25, 0.3) is 0 Å². The van der Waals surface area contributed by atoms with Gasteiger partial charge < -0.3 is 9.47 Å². The number of rotatable bonds is 9. The molecule has 0 aromatic heterocycles. The Bertz CT molecular complexity index is 331. The molecule has 0 saturated carbocycles. The van der Waals surface area contributed by atoms with Gasteiger partial charge in [0.1, 0.15) is 0 Å². The van der Waals surface area contributed by atoms with E-state index in [9.17, 15) is 0 Å². The van der Waals surface area contributed by atoms with Crippen molar-refractivity contribution in [3.63, 3.8) is 0 Å². The number of benzene rings is 1. The minimum absolute atomic E-state index is 0.244. The van der Waals surface area contributed by atoms with Gasteiger partial charge in [0.2, 0.25) is 0 Å². The van der Waals surface area contributed by atoms with Gasteiger partial charge in [0.15, 0.2) is 0 Å². The van der Waals surface area contributed by atoms with Crippen LogP contribution in [-0.4, -0.2) is 33.0 Å². The molecule has 0 bridgehead atoms. The number of hydrogen-bond donors (Lipinski definition) is 2. The zero-order chi connectivity index (χ0) is 13.2. The maximum absolute atomic E-state index is 5.58. The first-order valence-electron chi connectivity index (χ1n) is 6.35. The number of hydrazine groups is 1. The van der Waals surface area contributed by atoms with Gasteiger partial charge in [-0.05, 0) is 30.9 Å². The number of aryl methyl sites for hydroxylation is 1. The lowest BCUT2D eigenvalue weighted by molar-refractivity contribution is 0.0658. The lowest BCUT2D eigenvalue weighted by Crippen LogP contribution is -2.37. The van der Waals surface area contributed by atoms with E-state index >= 15 is 0 Å². The van der Waals surface area contributed by atoms with Crippen molar-refractivity contribution in [2.45, 2.75) is 25.8 Å². The molecular weight excluding hydrogens is 228 g/mol. The highest BCUT2D eigenvalue weighted by Gasteiger charge is 2.09. The predicted molar refractivity (Wildman–Crippen MR) is 73.3 cm³/mol. The predicted octanol–water partition coefficient (Wildman–Crippen LogP) is 1.42.